The number of ether oxygens (including phenoxy) is 10. The van der Waals surface area contributed by atoms with E-state index in [1.54, 1.807) is 27.9 Å². The highest BCUT2D eigenvalue weighted by molar-refractivity contribution is 6.74. The number of carbonyl (C=O) groups is 3. The summed E-state index contributed by atoms with van der Waals surface area (Å²) < 4.78 is 69.1. The van der Waals surface area contributed by atoms with E-state index in [-0.39, 0.29) is 55.1 Å². The summed E-state index contributed by atoms with van der Waals surface area (Å²) in [6.45, 7) is 23.8. The molecule has 410 valence electrons. The van der Waals surface area contributed by atoms with Crippen molar-refractivity contribution >= 4 is 26.2 Å². The van der Waals surface area contributed by atoms with Crippen molar-refractivity contribution < 1.29 is 91.7 Å². The summed E-state index contributed by atoms with van der Waals surface area (Å²) in [6.07, 6.45) is -20.2. The van der Waals surface area contributed by atoms with Crippen LogP contribution in [0.25, 0.3) is 0 Å². The molecule has 0 bridgehead atoms. The Morgan fingerprint density at radius 1 is 0.829 bits per heavy atom. The lowest BCUT2D eigenvalue weighted by Gasteiger charge is -2.51. The lowest BCUT2D eigenvalue weighted by Crippen LogP contribution is -2.66. The predicted octanol–water partition coefficient (Wildman–Crippen LogP) is 3.43. The van der Waals surface area contributed by atoms with Crippen LogP contribution in [-0.2, 0) is 66.2 Å². The molecule has 0 aromatic heterocycles. The van der Waals surface area contributed by atoms with E-state index in [4.69, 9.17) is 51.8 Å². The number of likely N-dealkylation sites (N-methyl/N-ethyl adjacent to an activating group) is 1. The second kappa shape index (κ2) is 26.5. The third kappa shape index (κ3) is 16.0. The number of esters is 3. The second-order valence-corrected chi connectivity index (χ2v) is 26.6. The molecular formula is C49H91NO19Si. The number of aliphatic hydroxyl groups is 5. The third-order valence-corrected chi connectivity index (χ3v) is 19.6. The van der Waals surface area contributed by atoms with Crippen LogP contribution in [0.5, 0.6) is 0 Å². The number of carbonyl (C=O) groups excluding carboxylic acids is 3. The molecule has 0 saturated carbocycles. The minimum atomic E-state index is -2.77. The van der Waals surface area contributed by atoms with E-state index >= 15 is 0 Å². The zero-order valence-electron chi connectivity index (χ0n) is 45.2. The second-order valence-electron chi connectivity index (χ2n) is 21.8. The molecule has 0 aromatic carbocycles. The van der Waals surface area contributed by atoms with Crippen LogP contribution in [0.3, 0.4) is 0 Å². The number of cyclic esters (lactones) is 1. The minimum Gasteiger partial charge on any atom is -0.462 e. The van der Waals surface area contributed by atoms with Gasteiger partial charge in [-0.1, -0.05) is 41.5 Å². The summed E-state index contributed by atoms with van der Waals surface area (Å²) >= 11 is 0. The Balaban J connectivity index is 2.27. The Bertz CT molecular complexity index is 1630. The quantitative estimate of drug-likeness (QED) is 0.0681. The van der Waals surface area contributed by atoms with Crippen molar-refractivity contribution in [1.82, 2.24) is 4.90 Å². The molecular weight excluding hydrogens is 935 g/mol. The van der Waals surface area contributed by atoms with Crippen molar-refractivity contribution in [3.8, 4) is 0 Å². The Morgan fingerprint density at radius 3 is 1.97 bits per heavy atom. The Kier molecular flexibility index (Phi) is 23.6. The number of nitrogens with zero attached hydrogens (tertiary/aromatic N) is 1. The SMILES string of the molecule is CCC(=O)OC1(C)CC(OC2C(C)OC(O[C@@H]3C(OC)[C@H](O)CC(=O)O[C@H](C)CC(O)C(O)C(O)C(O)[C@H](O[Si](C)(C)C(C)(C)C)[C@H](C)C[C@@H]3CC(OC)OC)C(OC(C)=O)C2N(C)C)OC(C)C1C. The average Bonchev–Trinajstić information content (AvgIpc) is 3.25. The van der Waals surface area contributed by atoms with Gasteiger partial charge in [-0.15, -0.1) is 0 Å². The van der Waals surface area contributed by atoms with Crippen LogP contribution in [0.4, 0.5) is 0 Å². The van der Waals surface area contributed by atoms with E-state index in [2.05, 4.69) is 0 Å². The molecule has 3 saturated heterocycles. The van der Waals surface area contributed by atoms with Gasteiger partial charge in [0, 0.05) is 59.9 Å². The number of hydrogen-bond acceptors (Lipinski definition) is 20. The maximum absolute atomic E-state index is 13.5. The van der Waals surface area contributed by atoms with Crippen LogP contribution in [0, 0.1) is 17.8 Å². The maximum Gasteiger partial charge on any atom is 0.308 e. The Labute approximate surface area is 417 Å². The molecule has 70 heavy (non-hydrogen) atoms. The molecule has 3 aliphatic heterocycles. The third-order valence-electron chi connectivity index (χ3n) is 15.1. The Morgan fingerprint density at radius 2 is 1.44 bits per heavy atom. The lowest BCUT2D eigenvalue weighted by atomic mass is 9.80. The summed E-state index contributed by atoms with van der Waals surface area (Å²) in [5, 5.41) is 57.7. The van der Waals surface area contributed by atoms with Crippen LogP contribution in [0.15, 0.2) is 0 Å². The van der Waals surface area contributed by atoms with Gasteiger partial charge in [0.2, 0.25) is 0 Å². The zero-order chi connectivity index (χ0) is 53.4. The minimum absolute atomic E-state index is 0.0587. The zero-order valence-corrected chi connectivity index (χ0v) is 46.2. The summed E-state index contributed by atoms with van der Waals surface area (Å²) in [7, 11) is 5.07. The van der Waals surface area contributed by atoms with Crippen LogP contribution < -0.4 is 0 Å². The highest BCUT2D eigenvalue weighted by Crippen LogP contribution is 2.43. The summed E-state index contributed by atoms with van der Waals surface area (Å²) in [4.78, 5) is 41.1. The van der Waals surface area contributed by atoms with Crippen molar-refractivity contribution in [3.05, 3.63) is 0 Å². The van der Waals surface area contributed by atoms with Crippen molar-refractivity contribution in [3.63, 3.8) is 0 Å². The van der Waals surface area contributed by atoms with E-state index < -0.39 is 142 Å². The van der Waals surface area contributed by atoms with Crippen LogP contribution in [0.1, 0.15) is 115 Å². The summed E-state index contributed by atoms with van der Waals surface area (Å²) in [5.41, 5.74) is -0.925. The monoisotopic (exact) mass is 1030 g/mol. The smallest absolute Gasteiger partial charge is 0.308 e. The molecule has 0 aliphatic carbocycles. The normalized spacial score (nSPS) is 40.2. The summed E-state index contributed by atoms with van der Waals surface area (Å²) in [5.74, 6) is -3.52. The molecule has 3 fully saturated rings. The van der Waals surface area contributed by atoms with E-state index in [0.29, 0.717) is 0 Å². The molecule has 20 atom stereocenters. The van der Waals surface area contributed by atoms with E-state index in [9.17, 15) is 39.9 Å². The average molecular weight is 1030 g/mol. The van der Waals surface area contributed by atoms with Gasteiger partial charge in [0.05, 0.1) is 49.1 Å². The van der Waals surface area contributed by atoms with Crippen molar-refractivity contribution in [1.29, 1.82) is 0 Å². The van der Waals surface area contributed by atoms with E-state index in [1.807, 2.05) is 66.5 Å². The first-order chi connectivity index (χ1) is 32.4. The highest BCUT2D eigenvalue weighted by Gasteiger charge is 2.55. The first kappa shape index (κ1) is 62.4. The number of hydrogen-bond donors (Lipinski definition) is 5. The first-order valence-electron chi connectivity index (χ1n) is 24.9. The Hall–Kier alpha value is -1.93. The largest absolute Gasteiger partial charge is 0.462 e. The first-order valence-corrected chi connectivity index (χ1v) is 27.8. The molecule has 0 spiro atoms. The standard InChI is InChI=1S/C49H91NO19Si/c1-19-34(54)68-49(11)24-37(63-28(5)27(49)4)66-43-29(6)64-47(46(65-30(7)51)38(43)50(12)13)67-44-31(22-36(59-14)60-15)20-25(2)42(69-70(17,18)48(8,9)10)41(58)40(57)39(56)32(52)21-26(3)62-35(55)23-33(53)45(44)61-16/h25-29,31-33,36-47,52-53,56-58H,19-24H2,1-18H3/t25-,26-,27?,28?,29?,31-,32?,33-,37?,38?,39?,40?,41?,42-,43?,44+,45?,46?,47?,49?/m1/s1. The number of rotatable bonds is 15. The molecule has 3 aliphatic rings. The van der Waals surface area contributed by atoms with Gasteiger partial charge in [-0.3, -0.25) is 14.4 Å². The van der Waals surface area contributed by atoms with Gasteiger partial charge >= 0.3 is 17.9 Å². The molecule has 0 radical (unpaired) electrons. The van der Waals surface area contributed by atoms with Crippen molar-refractivity contribution in [2.24, 2.45) is 17.8 Å². The fraction of sp³-hybridized carbons (Fsp3) is 0.939. The molecule has 3 heterocycles. The predicted molar refractivity (Wildman–Crippen MR) is 257 cm³/mol. The summed E-state index contributed by atoms with van der Waals surface area (Å²) in [6, 6.07) is -0.766. The molecule has 0 aromatic rings. The van der Waals surface area contributed by atoms with E-state index in [0.717, 1.165) is 0 Å². The molecule has 14 unspecified atom stereocenters. The van der Waals surface area contributed by atoms with E-state index in [1.165, 1.54) is 35.2 Å². The molecule has 5 N–H and O–H groups in total. The fourth-order valence-electron chi connectivity index (χ4n) is 9.72. The van der Waals surface area contributed by atoms with Gasteiger partial charge < -0.3 is 82.2 Å². The van der Waals surface area contributed by atoms with Crippen LogP contribution in [-0.4, -0.2) is 202 Å². The topological polar surface area (TPSA) is 257 Å². The number of aliphatic hydroxyl groups excluding tert-OH is 5. The molecule has 3 rings (SSSR count). The van der Waals surface area contributed by atoms with Crippen molar-refractivity contribution in [2.45, 2.75) is 243 Å². The number of methoxy groups -OCH3 is 3. The van der Waals surface area contributed by atoms with Crippen LogP contribution in [0.2, 0.25) is 18.1 Å². The van der Waals surface area contributed by atoms with Crippen LogP contribution >= 0.6 is 0 Å². The molecule has 21 heteroatoms. The molecule has 20 nitrogen and oxygen atoms in total. The van der Waals surface area contributed by atoms with Gasteiger partial charge in [0.1, 0.15) is 42.2 Å². The van der Waals surface area contributed by atoms with Gasteiger partial charge in [-0.25, -0.2) is 0 Å². The molecule has 0 amide bonds. The highest BCUT2D eigenvalue weighted by atomic mass is 28.4. The van der Waals surface area contributed by atoms with Gasteiger partial charge in [-0.2, -0.15) is 0 Å². The van der Waals surface area contributed by atoms with Crippen molar-refractivity contribution in [2.75, 3.05) is 35.4 Å². The maximum atomic E-state index is 13.5. The van der Waals surface area contributed by atoms with Gasteiger partial charge in [0.25, 0.3) is 0 Å². The van der Waals surface area contributed by atoms with Gasteiger partial charge in [-0.05, 0) is 78.2 Å². The fourth-order valence-corrected chi connectivity index (χ4v) is 11.1. The lowest BCUT2D eigenvalue weighted by molar-refractivity contribution is -0.342. The van der Waals surface area contributed by atoms with Gasteiger partial charge in [0.15, 0.2) is 33.3 Å².